The predicted molar refractivity (Wildman–Crippen MR) is 122 cm³/mol. The maximum absolute atomic E-state index is 12.0. The number of hydrogen-bond acceptors (Lipinski definition) is 8. The second-order valence-corrected chi connectivity index (χ2v) is 8.64. The van der Waals surface area contributed by atoms with Crippen LogP contribution in [0.15, 0.2) is 30.6 Å². The normalized spacial score (nSPS) is 17.8. The van der Waals surface area contributed by atoms with E-state index in [9.17, 15) is 4.79 Å². The molecule has 9 nitrogen and oxygen atoms in total. The van der Waals surface area contributed by atoms with Crippen molar-refractivity contribution in [3.05, 3.63) is 41.9 Å². The molecule has 1 aromatic carbocycles. The zero-order valence-corrected chi connectivity index (χ0v) is 18.6. The Kier molecular flexibility index (Phi) is 6.27. The number of amides is 1. The van der Waals surface area contributed by atoms with Gasteiger partial charge in [-0.15, -0.1) is 0 Å². The van der Waals surface area contributed by atoms with Crippen molar-refractivity contribution in [2.45, 2.75) is 19.3 Å². The lowest BCUT2D eigenvalue weighted by Crippen LogP contribution is -2.41. The molecule has 3 heterocycles. The Morgan fingerprint density at radius 3 is 2.69 bits per heavy atom. The average Bonchev–Trinajstić information content (AvgIpc) is 3.07. The van der Waals surface area contributed by atoms with Crippen LogP contribution in [0, 0.1) is 10.8 Å². The van der Waals surface area contributed by atoms with Crippen molar-refractivity contribution in [3.63, 3.8) is 0 Å². The molecule has 9 heteroatoms. The van der Waals surface area contributed by atoms with Crippen molar-refractivity contribution in [1.82, 2.24) is 14.9 Å². The number of hydrogen-bond donors (Lipinski definition) is 2. The van der Waals surface area contributed by atoms with Gasteiger partial charge in [0.1, 0.15) is 24.5 Å². The van der Waals surface area contributed by atoms with E-state index in [0.29, 0.717) is 42.3 Å². The summed E-state index contributed by atoms with van der Waals surface area (Å²) in [5, 5.41) is 8.70. The number of nitrogens with one attached hydrogen (secondary N) is 1. The summed E-state index contributed by atoms with van der Waals surface area (Å²) < 4.78 is 10.7. The van der Waals surface area contributed by atoms with E-state index in [0.717, 1.165) is 38.3 Å². The van der Waals surface area contributed by atoms with Gasteiger partial charge in [0.2, 0.25) is 5.91 Å². The third-order valence-corrected chi connectivity index (χ3v) is 6.43. The van der Waals surface area contributed by atoms with Crippen LogP contribution in [0.4, 0.5) is 11.5 Å². The molecule has 2 fully saturated rings. The van der Waals surface area contributed by atoms with E-state index in [1.54, 1.807) is 25.3 Å². The Labute approximate surface area is 188 Å². The molecule has 2 aliphatic heterocycles. The van der Waals surface area contributed by atoms with E-state index in [1.165, 1.54) is 6.33 Å². The van der Waals surface area contributed by atoms with Crippen LogP contribution in [0.25, 0.3) is 0 Å². The Hall–Kier alpha value is -3.20. The van der Waals surface area contributed by atoms with Crippen LogP contribution in [-0.4, -0.2) is 73.5 Å². The number of carbonyl (C=O) groups is 1. The van der Waals surface area contributed by atoms with Gasteiger partial charge in [-0.3, -0.25) is 10.2 Å². The Morgan fingerprint density at radius 1 is 1.22 bits per heavy atom. The van der Waals surface area contributed by atoms with Crippen LogP contribution in [0.5, 0.6) is 5.75 Å². The smallest absolute Gasteiger partial charge is 0.222 e. The third kappa shape index (κ3) is 4.52. The van der Waals surface area contributed by atoms with Crippen LogP contribution >= 0.6 is 0 Å². The van der Waals surface area contributed by atoms with Crippen LogP contribution < -0.4 is 15.4 Å². The summed E-state index contributed by atoms with van der Waals surface area (Å²) in [5.74, 6) is 1.66. The van der Waals surface area contributed by atoms with Crippen LogP contribution in [-0.2, 0) is 9.53 Å². The van der Waals surface area contributed by atoms with Gasteiger partial charge >= 0.3 is 0 Å². The summed E-state index contributed by atoms with van der Waals surface area (Å²) in [7, 11) is 3.50. The number of aromatic nitrogens is 2. The van der Waals surface area contributed by atoms with Crippen molar-refractivity contribution in [1.29, 1.82) is 5.41 Å². The van der Waals surface area contributed by atoms with Gasteiger partial charge in [-0.2, -0.15) is 0 Å². The van der Waals surface area contributed by atoms with Gasteiger partial charge in [0, 0.05) is 62.9 Å². The van der Waals surface area contributed by atoms with E-state index in [4.69, 9.17) is 20.6 Å². The lowest BCUT2D eigenvalue weighted by molar-refractivity contribution is -0.126. The molecular formula is C23H30N6O3. The quantitative estimate of drug-likeness (QED) is 0.385. The molecule has 3 N–H and O–H groups in total. The standard InChI is InChI=1S/C23H30N6O3/c1-28-14-23(13-21(28)30)5-7-29(8-6-23)20-12-19(26-15-27-20)22(25)17-11-16(3-4-18(17)24)32-10-9-31-2/h3-4,11-12,15,25H,5-10,13-14,24H2,1-2H3. The van der Waals surface area contributed by atoms with E-state index >= 15 is 0 Å². The second-order valence-electron chi connectivity index (χ2n) is 8.64. The van der Waals surface area contributed by atoms with Gasteiger partial charge in [0.05, 0.1) is 18.0 Å². The molecule has 1 amide bonds. The first-order chi connectivity index (χ1) is 15.4. The first-order valence-corrected chi connectivity index (χ1v) is 10.8. The molecule has 4 rings (SSSR count). The van der Waals surface area contributed by atoms with E-state index < -0.39 is 0 Å². The first kappa shape index (κ1) is 22.0. The number of nitrogen functional groups attached to an aromatic ring is 1. The molecule has 1 spiro atoms. The van der Waals surface area contributed by atoms with Gasteiger partial charge in [-0.25, -0.2) is 9.97 Å². The zero-order valence-electron chi connectivity index (χ0n) is 18.6. The van der Waals surface area contributed by atoms with Crippen LogP contribution in [0.2, 0.25) is 0 Å². The maximum atomic E-state index is 12.0. The number of anilines is 2. The molecule has 0 radical (unpaired) electrons. The molecule has 0 saturated carbocycles. The fourth-order valence-electron chi connectivity index (χ4n) is 4.53. The molecule has 1 aromatic heterocycles. The Bertz CT molecular complexity index is 1000. The predicted octanol–water partition coefficient (Wildman–Crippen LogP) is 1.95. The lowest BCUT2D eigenvalue weighted by atomic mass is 9.77. The number of likely N-dealkylation sites (tertiary alicyclic amines) is 1. The monoisotopic (exact) mass is 438 g/mol. The summed E-state index contributed by atoms with van der Waals surface area (Å²) in [6.07, 6.45) is 4.03. The molecule has 2 saturated heterocycles. The Balaban J connectivity index is 1.47. The molecule has 32 heavy (non-hydrogen) atoms. The SMILES string of the molecule is COCCOc1ccc(N)c(C(=N)c2cc(N3CCC4(CC3)CC(=O)N(C)C4)ncn2)c1. The molecule has 0 atom stereocenters. The highest BCUT2D eigenvalue weighted by Crippen LogP contribution is 2.41. The van der Waals surface area contributed by atoms with E-state index in [2.05, 4.69) is 14.9 Å². The molecule has 0 unspecified atom stereocenters. The minimum Gasteiger partial charge on any atom is -0.491 e. The fourth-order valence-corrected chi connectivity index (χ4v) is 4.53. The van der Waals surface area contributed by atoms with Gasteiger partial charge in [-0.05, 0) is 31.0 Å². The third-order valence-electron chi connectivity index (χ3n) is 6.43. The van der Waals surface area contributed by atoms with Gasteiger partial charge in [0.15, 0.2) is 0 Å². The summed E-state index contributed by atoms with van der Waals surface area (Å²) in [5.41, 5.74) is 8.01. The van der Waals surface area contributed by atoms with E-state index in [1.807, 2.05) is 18.0 Å². The van der Waals surface area contributed by atoms with Crippen molar-refractivity contribution in [3.8, 4) is 5.75 Å². The summed E-state index contributed by atoms with van der Waals surface area (Å²) in [6, 6.07) is 7.11. The highest BCUT2D eigenvalue weighted by Gasteiger charge is 2.43. The minimum atomic E-state index is 0.0859. The van der Waals surface area contributed by atoms with Crippen LogP contribution in [0.1, 0.15) is 30.5 Å². The first-order valence-electron chi connectivity index (χ1n) is 10.8. The average molecular weight is 439 g/mol. The Morgan fingerprint density at radius 2 is 2.00 bits per heavy atom. The largest absolute Gasteiger partial charge is 0.491 e. The lowest BCUT2D eigenvalue weighted by Gasteiger charge is -2.39. The number of carbonyl (C=O) groups excluding carboxylic acids is 1. The zero-order chi connectivity index (χ0) is 22.7. The van der Waals surface area contributed by atoms with Crippen LogP contribution in [0.3, 0.4) is 0 Å². The van der Waals surface area contributed by atoms with Crippen molar-refractivity contribution < 1.29 is 14.3 Å². The molecule has 0 aliphatic carbocycles. The van der Waals surface area contributed by atoms with Gasteiger partial charge in [-0.1, -0.05) is 0 Å². The van der Waals surface area contributed by atoms with Gasteiger partial charge in [0.25, 0.3) is 0 Å². The number of methoxy groups -OCH3 is 1. The molecule has 2 aromatic rings. The fraction of sp³-hybridized carbons (Fsp3) is 0.478. The molecular weight excluding hydrogens is 408 g/mol. The number of piperidine rings is 1. The van der Waals surface area contributed by atoms with Crippen molar-refractivity contribution in [2.75, 3.05) is 57.6 Å². The number of benzene rings is 1. The number of nitrogens with two attached hydrogens (primary N) is 1. The maximum Gasteiger partial charge on any atom is 0.222 e. The number of ether oxygens (including phenoxy) is 2. The summed E-state index contributed by atoms with van der Waals surface area (Å²) in [6.45, 7) is 3.39. The summed E-state index contributed by atoms with van der Waals surface area (Å²) >= 11 is 0. The highest BCUT2D eigenvalue weighted by atomic mass is 16.5. The van der Waals surface area contributed by atoms with Gasteiger partial charge < -0.3 is 25.0 Å². The highest BCUT2D eigenvalue weighted by molar-refractivity contribution is 6.13. The molecule has 170 valence electrons. The second kappa shape index (κ2) is 9.12. The summed E-state index contributed by atoms with van der Waals surface area (Å²) in [4.78, 5) is 24.8. The minimum absolute atomic E-state index is 0.0859. The molecule has 2 aliphatic rings. The number of nitrogens with zero attached hydrogens (tertiary/aromatic N) is 4. The van der Waals surface area contributed by atoms with Crippen molar-refractivity contribution >= 4 is 23.1 Å². The van der Waals surface area contributed by atoms with E-state index in [-0.39, 0.29) is 17.0 Å². The number of rotatable bonds is 7. The topological polar surface area (TPSA) is 118 Å². The molecule has 0 bridgehead atoms. The van der Waals surface area contributed by atoms with Crippen molar-refractivity contribution in [2.24, 2.45) is 5.41 Å².